The van der Waals surface area contributed by atoms with Gasteiger partial charge in [-0.1, -0.05) is 0 Å². The normalized spacial score (nSPS) is 14.8. The van der Waals surface area contributed by atoms with Crippen LogP contribution < -0.4 is 5.32 Å². The number of H-pyrrole nitrogens is 1. The van der Waals surface area contributed by atoms with Gasteiger partial charge in [-0.3, -0.25) is 5.10 Å². The average Bonchev–Trinajstić information content (AvgIpc) is 2.82. The molecular formula is C10H12N6. The van der Waals surface area contributed by atoms with E-state index in [4.69, 9.17) is 0 Å². The van der Waals surface area contributed by atoms with E-state index < -0.39 is 0 Å². The minimum atomic E-state index is 0.622. The molecule has 3 heterocycles. The number of fused-ring (bicyclic) bond motifs is 1. The number of rotatable bonds is 1. The Morgan fingerprint density at radius 1 is 1.31 bits per heavy atom. The van der Waals surface area contributed by atoms with E-state index in [9.17, 15) is 0 Å². The molecule has 0 saturated carbocycles. The summed E-state index contributed by atoms with van der Waals surface area (Å²) in [5.41, 5.74) is 3.38. The quantitative estimate of drug-likeness (QED) is 0.712. The first-order valence-electron chi connectivity index (χ1n) is 5.27. The average molecular weight is 216 g/mol. The van der Waals surface area contributed by atoms with Crippen LogP contribution in [0.1, 0.15) is 17.0 Å². The largest absolute Gasteiger partial charge is 0.311 e. The fourth-order valence-corrected chi connectivity index (χ4v) is 1.97. The predicted octanol–water partition coefficient (Wildman–Crippen LogP) is 0.216. The van der Waals surface area contributed by atoms with Crippen LogP contribution in [0.2, 0.25) is 0 Å². The first-order valence-corrected chi connectivity index (χ1v) is 5.27. The van der Waals surface area contributed by atoms with Crippen molar-refractivity contribution in [2.45, 2.75) is 19.9 Å². The lowest BCUT2D eigenvalue weighted by molar-refractivity contribution is 0.619. The molecule has 0 unspecified atom stereocenters. The molecule has 6 heteroatoms. The maximum atomic E-state index is 4.51. The molecule has 16 heavy (non-hydrogen) atoms. The smallest absolute Gasteiger partial charge is 0.197 e. The second-order valence-corrected chi connectivity index (χ2v) is 3.82. The van der Waals surface area contributed by atoms with Gasteiger partial charge in [-0.2, -0.15) is 5.10 Å². The Morgan fingerprint density at radius 2 is 2.25 bits per heavy atom. The van der Waals surface area contributed by atoms with Crippen molar-refractivity contribution >= 4 is 0 Å². The molecule has 82 valence electrons. The van der Waals surface area contributed by atoms with Crippen LogP contribution >= 0.6 is 0 Å². The number of aromatic nitrogens is 5. The summed E-state index contributed by atoms with van der Waals surface area (Å²) in [5.74, 6) is 1.24. The van der Waals surface area contributed by atoms with Crippen LogP contribution in [-0.2, 0) is 13.0 Å². The third kappa shape index (κ3) is 1.47. The molecule has 2 aromatic rings. The number of hydrogen-bond acceptors (Lipinski definition) is 5. The Hall–Kier alpha value is -1.82. The van der Waals surface area contributed by atoms with Crippen molar-refractivity contribution < 1.29 is 0 Å². The van der Waals surface area contributed by atoms with Crippen LogP contribution in [0.25, 0.3) is 11.6 Å². The van der Waals surface area contributed by atoms with Gasteiger partial charge in [-0.25, -0.2) is 15.0 Å². The highest BCUT2D eigenvalue weighted by molar-refractivity contribution is 5.44. The second-order valence-electron chi connectivity index (χ2n) is 3.82. The first-order chi connectivity index (χ1) is 7.84. The number of aryl methyl sites for hydroxylation is 1. The van der Waals surface area contributed by atoms with Gasteiger partial charge in [0.2, 0.25) is 0 Å². The second kappa shape index (κ2) is 3.64. The Kier molecular flexibility index (Phi) is 2.14. The Morgan fingerprint density at radius 3 is 3.06 bits per heavy atom. The predicted molar refractivity (Wildman–Crippen MR) is 57.6 cm³/mol. The van der Waals surface area contributed by atoms with Gasteiger partial charge in [-0.15, -0.1) is 0 Å². The van der Waals surface area contributed by atoms with Gasteiger partial charge in [-0.05, 0) is 25.5 Å². The molecule has 0 spiro atoms. The molecule has 0 atom stereocenters. The summed E-state index contributed by atoms with van der Waals surface area (Å²) in [6.07, 6.45) is 2.46. The van der Waals surface area contributed by atoms with Gasteiger partial charge < -0.3 is 5.32 Å². The van der Waals surface area contributed by atoms with Crippen molar-refractivity contribution in [1.82, 2.24) is 30.5 Å². The van der Waals surface area contributed by atoms with Crippen molar-refractivity contribution in [3.8, 4) is 11.6 Å². The zero-order valence-electron chi connectivity index (χ0n) is 8.99. The summed E-state index contributed by atoms with van der Waals surface area (Å²) in [6.45, 7) is 3.82. The number of aromatic amines is 1. The molecule has 0 bridgehead atoms. The summed E-state index contributed by atoms with van der Waals surface area (Å²) < 4.78 is 0. The molecule has 0 aromatic carbocycles. The van der Waals surface area contributed by atoms with Gasteiger partial charge >= 0.3 is 0 Å². The summed E-state index contributed by atoms with van der Waals surface area (Å²) in [7, 11) is 0. The zero-order chi connectivity index (χ0) is 11.0. The maximum Gasteiger partial charge on any atom is 0.197 e. The molecule has 0 amide bonds. The Bertz CT molecular complexity index is 504. The lowest BCUT2D eigenvalue weighted by Crippen LogP contribution is -2.26. The lowest BCUT2D eigenvalue weighted by atomic mass is 10.1. The van der Waals surface area contributed by atoms with Crippen molar-refractivity contribution in [3.63, 3.8) is 0 Å². The van der Waals surface area contributed by atoms with Crippen LogP contribution in [0, 0.1) is 6.92 Å². The standard InChI is InChI=1S/C10H12N6/c1-6-7-2-3-11-4-8(7)15-10(14-6)9-12-5-13-16-9/h5,11H,2-4H2,1H3,(H,12,13,16). The van der Waals surface area contributed by atoms with Gasteiger partial charge in [0.1, 0.15) is 6.33 Å². The fraction of sp³-hybridized carbons (Fsp3) is 0.400. The van der Waals surface area contributed by atoms with Crippen LogP contribution in [0.4, 0.5) is 0 Å². The molecule has 1 aliphatic rings. The van der Waals surface area contributed by atoms with E-state index in [0.717, 1.165) is 30.9 Å². The first kappa shape index (κ1) is 9.41. The number of nitrogens with zero attached hydrogens (tertiary/aromatic N) is 4. The fourth-order valence-electron chi connectivity index (χ4n) is 1.97. The molecule has 0 radical (unpaired) electrons. The van der Waals surface area contributed by atoms with Crippen LogP contribution in [0.5, 0.6) is 0 Å². The van der Waals surface area contributed by atoms with Crippen molar-refractivity contribution in [1.29, 1.82) is 0 Å². The molecule has 2 N–H and O–H groups in total. The minimum absolute atomic E-state index is 0.622. The summed E-state index contributed by atoms with van der Waals surface area (Å²) in [4.78, 5) is 13.0. The van der Waals surface area contributed by atoms with Crippen molar-refractivity contribution in [2.24, 2.45) is 0 Å². The van der Waals surface area contributed by atoms with Crippen LogP contribution in [0.3, 0.4) is 0 Å². The monoisotopic (exact) mass is 216 g/mol. The highest BCUT2D eigenvalue weighted by atomic mass is 15.2. The molecule has 0 fully saturated rings. The van der Waals surface area contributed by atoms with Crippen molar-refractivity contribution in [2.75, 3.05) is 6.54 Å². The minimum Gasteiger partial charge on any atom is -0.311 e. The number of nitrogens with one attached hydrogen (secondary N) is 2. The summed E-state index contributed by atoms with van der Waals surface area (Å²) in [5, 5.41) is 9.89. The molecule has 3 rings (SSSR count). The zero-order valence-corrected chi connectivity index (χ0v) is 8.99. The van der Waals surface area contributed by atoms with Gasteiger partial charge in [0, 0.05) is 12.2 Å². The molecular weight excluding hydrogens is 204 g/mol. The van der Waals surface area contributed by atoms with E-state index in [-0.39, 0.29) is 0 Å². The Labute approximate surface area is 92.5 Å². The van der Waals surface area contributed by atoms with E-state index in [1.165, 1.54) is 11.9 Å². The molecule has 1 aliphatic heterocycles. The number of hydrogen-bond donors (Lipinski definition) is 2. The molecule has 0 aliphatic carbocycles. The SMILES string of the molecule is Cc1nc(-c2ncn[nH]2)nc2c1CCNC2. The van der Waals surface area contributed by atoms with Crippen molar-refractivity contribution in [3.05, 3.63) is 23.3 Å². The highest BCUT2D eigenvalue weighted by Gasteiger charge is 2.16. The lowest BCUT2D eigenvalue weighted by Gasteiger charge is -2.17. The summed E-state index contributed by atoms with van der Waals surface area (Å²) in [6, 6.07) is 0. The van der Waals surface area contributed by atoms with Crippen LogP contribution in [0.15, 0.2) is 6.33 Å². The topological polar surface area (TPSA) is 79.4 Å². The van der Waals surface area contributed by atoms with E-state index in [1.807, 2.05) is 6.92 Å². The van der Waals surface area contributed by atoms with E-state index in [2.05, 4.69) is 30.5 Å². The van der Waals surface area contributed by atoms with Gasteiger partial charge in [0.05, 0.1) is 5.69 Å². The van der Waals surface area contributed by atoms with Crippen LogP contribution in [-0.4, -0.2) is 31.7 Å². The third-order valence-electron chi connectivity index (χ3n) is 2.77. The summed E-state index contributed by atoms with van der Waals surface area (Å²) >= 11 is 0. The molecule has 2 aromatic heterocycles. The molecule has 0 saturated heterocycles. The highest BCUT2D eigenvalue weighted by Crippen LogP contribution is 2.18. The van der Waals surface area contributed by atoms with E-state index in [1.54, 1.807) is 0 Å². The van der Waals surface area contributed by atoms with Gasteiger partial charge in [0.25, 0.3) is 0 Å². The van der Waals surface area contributed by atoms with E-state index >= 15 is 0 Å². The Balaban J connectivity index is 2.12. The third-order valence-corrected chi connectivity index (χ3v) is 2.77. The maximum absolute atomic E-state index is 4.51. The van der Waals surface area contributed by atoms with E-state index in [0.29, 0.717) is 11.6 Å². The van der Waals surface area contributed by atoms with Gasteiger partial charge in [0.15, 0.2) is 11.6 Å². The molecule has 6 nitrogen and oxygen atoms in total.